The second-order valence-corrected chi connectivity index (χ2v) is 10.6. The number of aryl methyl sites for hydroxylation is 1. The molecule has 4 aromatic heterocycles. The van der Waals surface area contributed by atoms with E-state index in [0.717, 1.165) is 33.2 Å². The fourth-order valence-electron chi connectivity index (χ4n) is 5.57. The van der Waals surface area contributed by atoms with E-state index >= 15 is 0 Å². The van der Waals surface area contributed by atoms with E-state index < -0.39 is 12.6 Å². The van der Waals surface area contributed by atoms with Gasteiger partial charge < -0.3 is 9.32 Å². The predicted octanol–water partition coefficient (Wildman–Crippen LogP) is 4.82. The van der Waals surface area contributed by atoms with Gasteiger partial charge in [-0.15, -0.1) is 10.2 Å². The van der Waals surface area contributed by atoms with Crippen molar-refractivity contribution in [2.45, 2.75) is 12.6 Å². The van der Waals surface area contributed by atoms with Crippen LogP contribution in [0.4, 0.5) is 8.78 Å². The zero-order valence-electron chi connectivity index (χ0n) is 23.7. The quantitative estimate of drug-likeness (QED) is 0.258. The van der Waals surface area contributed by atoms with Gasteiger partial charge in [0.25, 0.3) is 5.91 Å². The molecule has 1 atom stereocenters. The lowest BCUT2D eigenvalue weighted by atomic mass is 10.0. The second kappa shape index (κ2) is 11.4. The Balaban J connectivity index is 1.08. The van der Waals surface area contributed by atoms with E-state index in [4.69, 9.17) is 4.42 Å². The van der Waals surface area contributed by atoms with Crippen LogP contribution in [0.25, 0.3) is 33.4 Å². The third kappa shape index (κ3) is 5.33. The Labute approximate surface area is 250 Å². The molecule has 1 saturated heterocycles. The minimum Gasteiger partial charge on any atom is -0.456 e. The molecule has 1 fully saturated rings. The minimum absolute atomic E-state index is 0.184. The second-order valence-electron chi connectivity index (χ2n) is 10.6. The molecule has 0 radical (unpaired) electrons. The van der Waals surface area contributed by atoms with Crippen molar-refractivity contribution in [1.82, 2.24) is 44.8 Å². The van der Waals surface area contributed by atoms with E-state index in [-0.39, 0.29) is 11.7 Å². The number of furan rings is 1. The largest absolute Gasteiger partial charge is 0.456 e. The third-order valence-corrected chi connectivity index (χ3v) is 7.76. The molecule has 0 bridgehead atoms. The van der Waals surface area contributed by atoms with Gasteiger partial charge in [-0.05, 0) is 46.7 Å². The van der Waals surface area contributed by atoms with Gasteiger partial charge in [0.1, 0.15) is 17.0 Å². The van der Waals surface area contributed by atoms with E-state index in [1.165, 1.54) is 0 Å². The molecule has 0 spiro atoms. The van der Waals surface area contributed by atoms with E-state index in [9.17, 15) is 13.6 Å². The van der Waals surface area contributed by atoms with Gasteiger partial charge in [-0.1, -0.05) is 41.2 Å². The lowest BCUT2D eigenvalue weighted by Crippen LogP contribution is -2.50. The maximum atomic E-state index is 13.5. The molecular formula is C31H27F2N9O2. The highest BCUT2D eigenvalue weighted by Crippen LogP contribution is 2.32. The highest BCUT2D eigenvalue weighted by atomic mass is 19.3. The Kier molecular flexibility index (Phi) is 7.14. The number of hydrogen-bond donors (Lipinski definition) is 0. The molecule has 1 amide bonds. The smallest absolute Gasteiger partial charge is 0.350 e. The first-order valence-electron chi connectivity index (χ1n) is 14.1. The number of benzene rings is 2. The van der Waals surface area contributed by atoms with Crippen LogP contribution in [0.1, 0.15) is 34.5 Å². The summed E-state index contributed by atoms with van der Waals surface area (Å²) in [5, 5.41) is 16.6. The summed E-state index contributed by atoms with van der Waals surface area (Å²) in [5.41, 5.74) is 4.71. The number of pyridine rings is 1. The van der Waals surface area contributed by atoms with Crippen LogP contribution in [0.5, 0.6) is 0 Å². The standard InChI is InChI=1S/C31H27F2N9O2/c1-39-19-24(18-35-39)21-7-8-26-23(15-21)17-27(44-26)22-9-10-34-25(16-22)30(43)41-13-11-40(12-14-41)28(20-5-3-2-4-6-20)29-36-38-42(37-29)31(32)33/h2-10,15-19,28,31H,11-14H2,1H3/t28-/m1/s1. The molecular weight excluding hydrogens is 568 g/mol. The molecule has 11 nitrogen and oxygen atoms in total. The van der Waals surface area contributed by atoms with Crippen molar-refractivity contribution < 1.29 is 18.0 Å². The summed E-state index contributed by atoms with van der Waals surface area (Å²) in [4.78, 5) is 22.0. The van der Waals surface area contributed by atoms with Crippen LogP contribution in [-0.2, 0) is 7.05 Å². The predicted molar refractivity (Wildman–Crippen MR) is 156 cm³/mol. The summed E-state index contributed by atoms with van der Waals surface area (Å²) in [6.07, 6.45) is 5.38. The normalized spacial score (nSPS) is 14.9. The van der Waals surface area contributed by atoms with E-state index in [1.807, 2.05) is 74.0 Å². The number of aromatic nitrogens is 7. The fraction of sp³-hybridized carbons (Fsp3) is 0.226. The van der Waals surface area contributed by atoms with Crippen LogP contribution >= 0.6 is 0 Å². The molecule has 222 valence electrons. The summed E-state index contributed by atoms with van der Waals surface area (Å²) in [5.74, 6) is 0.628. The van der Waals surface area contributed by atoms with Gasteiger partial charge in [0.15, 0.2) is 5.82 Å². The van der Waals surface area contributed by atoms with Crippen molar-refractivity contribution in [2.24, 2.45) is 7.05 Å². The van der Waals surface area contributed by atoms with Crippen LogP contribution in [0.2, 0.25) is 0 Å². The van der Waals surface area contributed by atoms with Crippen LogP contribution in [-0.4, -0.2) is 76.9 Å². The number of carbonyl (C=O) groups excluding carboxylic acids is 1. The number of amides is 1. The van der Waals surface area contributed by atoms with Gasteiger partial charge in [0, 0.05) is 62.1 Å². The number of piperazine rings is 1. The van der Waals surface area contributed by atoms with Crippen molar-refractivity contribution in [2.75, 3.05) is 26.2 Å². The Morgan fingerprint density at radius 2 is 1.75 bits per heavy atom. The summed E-state index contributed by atoms with van der Waals surface area (Å²) < 4.78 is 34.3. The summed E-state index contributed by atoms with van der Waals surface area (Å²) in [6, 6.07) is 20.5. The number of fused-ring (bicyclic) bond motifs is 1. The fourth-order valence-corrected chi connectivity index (χ4v) is 5.57. The van der Waals surface area contributed by atoms with Crippen molar-refractivity contribution in [1.29, 1.82) is 0 Å². The first-order valence-corrected chi connectivity index (χ1v) is 14.1. The zero-order chi connectivity index (χ0) is 30.2. The molecule has 1 aliphatic rings. The lowest BCUT2D eigenvalue weighted by Gasteiger charge is -2.38. The molecule has 5 heterocycles. The highest BCUT2D eigenvalue weighted by molar-refractivity contribution is 5.94. The molecule has 0 unspecified atom stereocenters. The zero-order valence-corrected chi connectivity index (χ0v) is 23.7. The first-order chi connectivity index (χ1) is 21.4. The number of nitrogens with zero attached hydrogens (tertiary/aromatic N) is 9. The van der Waals surface area contributed by atoms with Crippen molar-refractivity contribution in [3.8, 4) is 22.5 Å². The van der Waals surface area contributed by atoms with E-state index in [2.05, 4.69) is 36.5 Å². The SMILES string of the molecule is Cn1cc(-c2ccc3oc(-c4ccnc(C(=O)N5CCN([C@H](c6ccccc6)c6nnn(C(F)F)n6)CC5)c4)cc3c2)cn1. The number of tetrazole rings is 1. The van der Waals surface area contributed by atoms with E-state index in [0.29, 0.717) is 42.4 Å². The molecule has 1 aliphatic heterocycles. The van der Waals surface area contributed by atoms with Gasteiger partial charge in [-0.3, -0.25) is 19.4 Å². The third-order valence-electron chi connectivity index (χ3n) is 7.76. The molecule has 0 aliphatic carbocycles. The molecule has 44 heavy (non-hydrogen) atoms. The van der Waals surface area contributed by atoms with Gasteiger partial charge in [0.05, 0.1) is 12.2 Å². The molecule has 2 aromatic carbocycles. The maximum Gasteiger partial charge on any atom is 0.350 e. The maximum absolute atomic E-state index is 13.5. The van der Waals surface area contributed by atoms with Crippen molar-refractivity contribution in [3.63, 3.8) is 0 Å². The Bertz CT molecular complexity index is 1930. The number of carbonyl (C=O) groups is 1. The van der Waals surface area contributed by atoms with Crippen LogP contribution < -0.4 is 0 Å². The monoisotopic (exact) mass is 595 g/mol. The molecule has 13 heteroatoms. The van der Waals surface area contributed by atoms with Gasteiger partial charge in [-0.2, -0.15) is 13.9 Å². The average molecular weight is 596 g/mol. The van der Waals surface area contributed by atoms with Crippen LogP contribution in [0.15, 0.2) is 89.7 Å². The molecule has 0 N–H and O–H groups in total. The first kappa shape index (κ1) is 27.5. The van der Waals surface area contributed by atoms with Crippen molar-refractivity contribution in [3.05, 3.63) is 102 Å². The summed E-state index contributed by atoms with van der Waals surface area (Å²) >= 11 is 0. The van der Waals surface area contributed by atoms with Gasteiger partial charge in [-0.25, -0.2) is 0 Å². The highest BCUT2D eigenvalue weighted by Gasteiger charge is 2.32. The van der Waals surface area contributed by atoms with E-state index in [1.54, 1.807) is 21.8 Å². The van der Waals surface area contributed by atoms with Crippen LogP contribution in [0, 0.1) is 0 Å². The number of rotatable bonds is 7. The molecule has 6 aromatic rings. The summed E-state index contributed by atoms with van der Waals surface area (Å²) in [6.45, 7) is -1.08. The Morgan fingerprint density at radius 1 is 0.932 bits per heavy atom. The number of hydrogen-bond acceptors (Lipinski definition) is 8. The minimum atomic E-state index is -2.88. The Morgan fingerprint density at radius 3 is 2.48 bits per heavy atom. The van der Waals surface area contributed by atoms with Gasteiger partial charge >= 0.3 is 6.55 Å². The number of halogens is 2. The average Bonchev–Trinajstić information content (AvgIpc) is 3.82. The van der Waals surface area contributed by atoms with Crippen molar-refractivity contribution >= 4 is 16.9 Å². The summed E-state index contributed by atoms with van der Waals surface area (Å²) in [7, 11) is 1.88. The number of alkyl halides is 2. The lowest BCUT2D eigenvalue weighted by molar-refractivity contribution is 0.0385. The topological polar surface area (TPSA) is 111 Å². The Hall–Kier alpha value is -5.30. The molecule has 0 saturated carbocycles. The van der Waals surface area contributed by atoms with Crippen LogP contribution in [0.3, 0.4) is 0 Å². The molecule has 7 rings (SSSR count). The van der Waals surface area contributed by atoms with Gasteiger partial charge in [0.2, 0.25) is 0 Å².